The second kappa shape index (κ2) is 6.04. The molecule has 104 valence electrons. The van der Waals surface area contributed by atoms with Crippen molar-refractivity contribution >= 4 is 11.5 Å². The highest BCUT2D eigenvalue weighted by Gasteiger charge is 2.20. The van der Waals surface area contributed by atoms with Gasteiger partial charge in [0.2, 0.25) is 0 Å². The number of hydrogen-bond acceptors (Lipinski definition) is 3. The van der Waals surface area contributed by atoms with E-state index in [0.29, 0.717) is 24.5 Å². The van der Waals surface area contributed by atoms with Crippen LogP contribution in [0.5, 0.6) is 5.75 Å². The van der Waals surface area contributed by atoms with Crippen molar-refractivity contribution in [2.45, 2.75) is 25.7 Å². The second-order valence-electron chi connectivity index (χ2n) is 5.18. The van der Waals surface area contributed by atoms with E-state index in [4.69, 9.17) is 4.74 Å². The maximum Gasteiger partial charge on any atom is 0.167 e. The zero-order valence-electron chi connectivity index (χ0n) is 11.5. The molecule has 19 heavy (non-hydrogen) atoms. The fraction of sp³-hybridized carbons (Fsp3) is 0.533. The summed E-state index contributed by atoms with van der Waals surface area (Å²) in [6.07, 6.45) is 3.27. The van der Waals surface area contributed by atoms with E-state index in [2.05, 4.69) is 0 Å². The van der Waals surface area contributed by atoms with Gasteiger partial charge in [-0.2, -0.15) is 0 Å². The van der Waals surface area contributed by atoms with E-state index < -0.39 is 0 Å². The lowest BCUT2D eigenvalue weighted by molar-refractivity contribution is -0.120. The summed E-state index contributed by atoms with van der Waals surface area (Å²) in [6, 6.07) is 4.99. The first-order valence-corrected chi connectivity index (χ1v) is 6.66. The van der Waals surface area contributed by atoms with E-state index in [1.165, 1.54) is 13.2 Å². The molecule has 4 heteroatoms. The molecule has 1 aliphatic rings. The molecular formula is C15H20FNO2. The van der Waals surface area contributed by atoms with E-state index in [9.17, 15) is 9.18 Å². The molecule has 0 amide bonds. The third kappa shape index (κ3) is 3.46. The minimum Gasteiger partial charge on any atom is -0.494 e. The van der Waals surface area contributed by atoms with Crippen molar-refractivity contribution in [2.24, 2.45) is 5.92 Å². The van der Waals surface area contributed by atoms with Crippen molar-refractivity contribution in [3.63, 3.8) is 0 Å². The van der Waals surface area contributed by atoms with Gasteiger partial charge in [-0.1, -0.05) is 0 Å². The molecule has 1 aliphatic carbocycles. The van der Waals surface area contributed by atoms with Crippen LogP contribution in [-0.4, -0.2) is 26.5 Å². The normalized spacial score (nSPS) is 16.5. The number of Topliss-reactive ketones (excluding diaryl/α,β-unsaturated/α-hetero) is 1. The van der Waals surface area contributed by atoms with Crippen LogP contribution in [0, 0.1) is 11.7 Å². The second-order valence-corrected chi connectivity index (χ2v) is 5.18. The summed E-state index contributed by atoms with van der Waals surface area (Å²) in [5.41, 5.74) is 0.843. The summed E-state index contributed by atoms with van der Waals surface area (Å²) >= 11 is 0. The largest absolute Gasteiger partial charge is 0.494 e. The summed E-state index contributed by atoms with van der Waals surface area (Å²) in [7, 11) is 3.42. The molecule has 0 radical (unpaired) electrons. The summed E-state index contributed by atoms with van der Waals surface area (Å²) in [5, 5.41) is 0. The van der Waals surface area contributed by atoms with Gasteiger partial charge in [-0.3, -0.25) is 4.79 Å². The first-order valence-electron chi connectivity index (χ1n) is 6.66. The summed E-state index contributed by atoms with van der Waals surface area (Å²) < 4.78 is 18.6. The van der Waals surface area contributed by atoms with Gasteiger partial charge < -0.3 is 9.64 Å². The lowest BCUT2D eigenvalue weighted by Gasteiger charge is -2.28. The molecule has 0 N–H and O–H groups in total. The smallest absolute Gasteiger partial charge is 0.167 e. The number of hydrogen-bond donors (Lipinski definition) is 0. The highest BCUT2D eigenvalue weighted by Crippen LogP contribution is 2.26. The van der Waals surface area contributed by atoms with Gasteiger partial charge in [0, 0.05) is 38.2 Å². The van der Waals surface area contributed by atoms with Crippen LogP contribution in [0.3, 0.4) is 0 Å². The Kier molecular flexibility index (Phi) is 4.40. The van der Waals surface area contributed by atoms with Crippen LogP contribution >= 0.6 is 0 Å². The van der Waals surface area contributed by atoms with Crippen molar-refractivity contribution < 1.29 is 13.9 Å². The van der Waals surface area contributed by atoms with Crippen molar-refractivity contribution in [2.75, 3.05) is 25.6 Å². The van der Waals surface area contributed by atoms with Gasteiger partial charge in [0.05, 0.1) is 7.11 Å². The van der Waals surface area contributed by atoms with Crippen LogP contribution in [0.15, 0.2) is 18.2 Å². The Morgan fingerprint density at radius 2 is 2.05 bits per heavy atom. The van der Waals surface area contributed by atoms with Crippen LogP contribution in [0.4, 0.5) is 10.1 Å². The van der Waals surface area contributed by atoms with E-state index in [1.807, 2.05) is 18.0 Å². The SMILES string of the molecule is COc1ccc(N(C)CC2CCC(=O)CC2)cc1F. The third-order valence-electron chi connectivity index (χ3n) is 3.77. The number of carbonyl (C=O) groups excluding carboxylic acids is 1. The van der Waals surface area contributed by atoms with E-state index in [0.717, 1.165) is 25.1 Å². The Labute approximate surface area is 113 Å². The third-order valence-corrected chi connectivity index (χ3v) is 3.77. The molecule has 0 spiro atoms. The predicted molar refractivity (Wildman–Crippen MR) is 73.2 cm³/mol. The number of nitrogens with zero attached hydrogens (tertiary/aromatic N) is 1. The Morgan fingerprint density at radius 3 is 2.63 bits per heavy atom. The predicted octanol–water partition coefficient (Wildman–Crippen LogP) is 3.03. The molecule has 2 rings (SSSR count). The number of carbonyl (C=O) groups is 1. The Balaban J connectivity index is 1.97. The van der Waals surface area contributed by atoms with Crippen LogP contribution in [0.1, 0.15) is 25.7 Å². The molecule has 1 aromatic carbocycles. The first kappa shape index (κ1) is 13.8. The summed E-state index contributed by atoms with van der Waals surface area (Å²) in [4.78, 5) is 13.2. The van der Waals surface area contributed by atoms with E-state index in [1.54, 1.807) is 6.07 Å². The van der Waals surface area contributed by atoms with Crippen LogP contribution in [0.2, 0.25) is 0 Å². The zero-order chi connectivity index (χ0) is 13.8. The van der Waals surface area contributed by atoms with Crippen LogP contribution < -0.4 is 9.64 Å². The molecule has 0 heterocycles. The van der Waals surface area contributed by atoms with Gasteiger partial charge in [0.1, 0.15) is 5.78 Å². The molecule has 0 aliphatic heterocycles. The average Bonchev–Trinajstić information content (AvgIpc) is 2.41. The molecular weight excluding hydrogens is 245 g/mol. The lowest BCUT2D eigenvalue weighted by atomic mass is 9.88. The number of methoxy groups -OCH3 is 1. The Morgan fingerprint density at radius 1 is 1.37 bits per heavy atom. The summed E-state index contributed by atoms with van der Waals surface area (Å²) in [6.45, 7) is 0.860. The van der Waals surface area contributed by atoms with Crippen molar-refractivity contribution in [1.82, 2.24) is 0 Å². The zero-order valence-corrected chi connectivity index (χ0v) is 11.5. The topological polar surface area (TPSA) is 29.5 Å². The van der Waals surface area contributed by atoms with Crippen molar-refractivity contribution in [3.8, 4) is 5.75 Å². The number of halogens is 1. The highest BCUT2D eigenvalue weighted by molar-refractivity contribution is 5.79. The van der Waals surface area contributed by atoms with Gasteiger partial charge in [-0.25, -0.2) is 4.39 Å². The fourth-order valence-corrected chi connectivity index (χ4v) is 2.57. The standard InChI is InChI=1S/C15H20FNO2/c1-17(10-11-3-6-13(18)7-4-11)12-5-8-15(19-2)14(16)9-12/h5,8-9,11H,3-4,6-7,10H2,1-2H3. The molecule has 0 saturated heterocycles. The van der Waals surface area contributed by atoms with Gasteiger partial charge >= 0.3 is 0 Å². The minimum absolute atomic E-state index is 0.264. The number of anilines is 1. The fourth-order valence-electron chi connectivity index (χ4n) is 2.57. The average molecular weight is 265 g/mol. The summed E-state index contributed by atoms with van der Waals surface area (Å²) in [5.74, 6) is 0.813. The number of benzene rings is 1. The van der Waals surface area contributed by atoms with Gasteiger partial charge in [-0.05, 0) is 30.9 Å². The molecule has 0 atom stereocenters. The van der Waals surface area contributed by atoms with E-state index >= 15 is 0 Å². The monoisotopic (exact) mass is 265 g/mol. The Hall–Kier alpha value is -1.58. The Bertz CT molecular complexity index is 451. The van der Waals surface area contributed by atoms with Gasteiger partial charge in [-0.15, -0.1) is 0 Å². The number of ether oxygens (including phenoxy) is 1. The molecule has 1 aromatic rings. The van der Waals surface area contributed by atoms with Gasteiger partial charge in [0.25, 0.3) is 0 Å². The quantitative estimate of drug-likeness (QED) is 0.838. The maximum absolute atomic E-state index is 13.6. The number of ketones is 1. The van der Waals surface area contributed by atoms with E-state index in [-0.39, 0.29) is 11.6 Å². The van der Waals surface area contributed by atoms with Crippen molar-refractivity contribution in [3.05, 3.63) is 24.0 Å². The number of rotatable bonds is 4. The minimum atomic E-state index is -0.342. The molecule has 0 bridgehead atoms. The first-order chi connectivity index (χ1) is 9.10. The lowest BCUT2D eigenvalue weighted by Crippen LogP contribution is -2.28. The molecule has 1 fully saturated rings. The maximum atomic E-state index is 13.6. The molecule has 3 nitrogen and oxygen atoms in total. The highest BCUT2D eigenvalue weighted by atomic mass is 19.1. The van der Waals surface area contributed by atoms with Crippen LogP contribution in [0.25, 0.3) is 0 Å². The van der Waals surface area contributed by atoms with Crippen LogP contribution in [-0.2, 0) is 4.79 Å². The molecule has 0 unspecified atom stereocenters. The molecule has 0 aromatic heterocycles. The molecule has 1 saturated carbocycles. The van der Waals surface area contributed by atoms with Gasteiger partial charge in [0.15, 0.2) is 11.6 Å². The van der Waals surface area contributed by atoms with Crippen molar-refractivity contribution in [1.29, 1.82) is 0 Å².